The van der Waals surface area contributed by atoms with E-state index in [2.05, 4.69) is 0 Å². The van der Waals surface area contributed by atoms with Crippen LogP contribution in [0.4, 0.5) is 36.8 Å². The van der Waals surface area contributed by atoms with Gasteiger partial charge in [-0.25, -0.2) is 4.79 Å². The Labute approximate surface area is 195 Å². The lowest BCUT2D eigenvalue weighted by Gasteiger charge is -2.18. The highest BCUT2D eigenvalue weighted by Gasteiger charge is 2.37. The van der Waals surface area contributed by atoms with Gasteiger partial charge in [0.1, 0.15) is 5.78 Å². The van der Waals surface area contributed by atoms with E-state index in [9.17, 15) is 35.9 Å². The summed E-state index contributed by atoms with van der Waals surface area (Å²) in [6, 6.07) is 0.812. The number of carbonyl (C=O) groups excluding carboxylic acids is 2. The summed E-state index contributed by atoms with van der Waals surface area (Å²) in [5, 5.41) is 1.95. The number of unbranched alkanes of at least 4 members (excludes halogenated alkanes) is 1. The summed E-state index contributed by atoms with van der Waals surface area (Å²) in [7, 11) is 0. The van der Waals surface area contributed by atoms with Crippen LogP contribution in [0.1, 0.15) is 76.8 Å². The molecule has 1 rings (SSSR count). The molecule has 0 spiro atoms. The second-order valence-electron chi connectivity index (χ2n) is 9.12. The molecular weight excluding hydrogens is 466 g/mol. The summed E-state index contributed by atoms with van der Waals surface area (Å²) in [6.45, 7) is 5.43. The first-order valence-corrected chi connectivity index (χ1v) is 11.0. The summed E-state index contributed by atoms with van der Waals surface area (Å²) < 4.78 is 82.8. The standard InChI is InChI=1S/C23H32F6N2O3/c1-4-7-15(8-5-6-9-19(32)13-21(2,3)30)14-34-20(33)31-18-11-16(22(24,25)26)10-17(12-18)23(27,28)29/h10-12,15H,4-9,13-14,30H2,1-3H3,(H,31,33). The first kappa shape index (κ1) is 29.7. The Hall–Kier alpha value is -2.30. The molecule has 11 heteroatoms. The molecule has 0 bridgehead atoms. The van der Waals surface area contributed by atoms with E-state index in [4.69, 9.17) is 10.5 Å². The van der Waals surface area contributed by atoms with E-state index in [1.165, 1.54) is 0 Å². The van der Waals surface area contributed by atoms with E-state index in [1.807, 2.05) is 12.2 Å². The molecule has 0 aliphatic carbocycles. The highest BCUT2D eigenvalue weighted by molar-refractivity contribution is 5.85. The monoisotopic (exact) mass is 498 g/mol. The first-order chi connectivity index (χ1) is 15.5. The minimum absolute atomic E-state index is 0.0208. The van der Waals surface area contributed by atoms with Gasteiger partial charge in [-0.3, -0.25) is 10.1 Å². The number of amides is 1. The Kier molecular flexibility index (Phi) is 10.9. The molecule has 0 saturated carbocycles. The summed E-state index contributed by atoms with van der Waals surface area (Å²) in [6.07, 6.45) is -7.02. The Bertz CT molecular complexity index is 784. The van der Waals surface area contributed by atoms with Gasteiger partial charge in [0, 0.05) is 24.1 Å². The maximum atomic E-state index is 13.0. The lowest BCUT2D eigenvalue weighted by atomic mass is 9.94. The maximum Gasteiger partial charge on any atom is 0.416 e. The minimum Gasteiger partial charge on any atom is -0.449 e. The third kappa shape index (κ3) is 11.7. The topological polar surface area (TPSA) is 81.4 Å². The predicted molar refractivity (Wildman–Crippen MR) is 116 cm³/mol. The number of ketones is 1. The van der Waals surface area contributed by atoms with Crippen LogP contribution in [-0.4, -0.2) is 24.0 Å². The number of halogens is 6. The Morgan fingerprint density at radius 2 is 1.53 bits per heavy atom. The van der Waals surface area contributed by atoms with Crippen LogP contribution < -0.4 is 11.1 Å². The van der Waals surface area contributed by atoms with Crippen molar-refractivity contribution >= 4 is 17.6 Å². The number of benzene rings is 1. The zero-order chi connectivity index (χ0) is 26.2. The van der Waals surface area contributed by atoms with Crippen LogP contribution in [0.25, 0.3) is 0 Å². The number of hydrogen-bond donors (Lipinski definition) is 2. The van der Waals surface area contributed by atoms with Crippen molar-refractivity contribution in [3.63, 3.8) is 0 Å². The molecule has 0 heterocycles. The molecule has 194 valence electrons. The van der Waals surface area contributed by atoms with Crippen molar-refractivity contribution in [2.75, 3.05) is 11.9 Å². The van der Waals surface area contributed by atoms with Crippen LogP contribution in [0.2, 0.25) is 0 Å². The molecule has 1 aromatic carbocycles. The molecule has 5 nitrogen and oxygen atoms in total. The van der Waals surface area contributed by atoms with Crippen LogP contribution in [0.5, 0.6) is 0 Å². The predicted octanol–water partition coefficient (Wildman–Crippen LogP) is 6.95. The van der Waals surface area contributed by atoms with Gasteiger partial charge in [-0.1, -0.05) is 19.8 Å². The highest BCUT2D eigenvalue weighted by atomic mass is 19.4. The van der Waals surface area contributed by atoms with Crippen molar-refractivity contribution in [1.29, 1.82) is 0 Å². The van der Waals surface area contributed by atoms with Crippen molar-refractivity contribution in [1.82, 2.24) is 0 Å². The van der Waals surface area contributed by atoms with Gasteiger partial charge in [0.05, 0.1) is 17.7 Å². The summed E-state index contributed by atoms with van der Waals surface area (Å²) in [5.41, 5.74) is 1.53. The van der Waals surface area contributed by atoms with Gasteiger partial charge in [0.15, 0.2) is 0 Å². The number of carbonyl (C=O) groups is 2. The number of alkyl halides is 6. The normalized spacial score (nSPS) is 13.5. The van der Waals surface area contributed by atoms with Crippen molar-refractivity contribution < 1.29 is 40.7 Å². The second kappa shape index (κ2) is 12.4. The largest absolute Gasteiger partial charge is 0.449 e. The molecule has 34 heavy (non-hydrogen) atoms. The van der Waals surface area contributed by atoms with Gasteiger partial charge in [0.25, 0.3) is 0 Å². The van der Waals surface area contributed by atoms with E-state index >= 15 is 0 Å². The van der Waals surface area contributed by atoms with E-state index in [-0.39, 0.29) is 30.8 Å². The highest BCUT2D eigenvalue weighted by Crippen LogP contribution is 2.37. The molecule has 0 radical (unpaired) electrons. The van der Waals surface area contributed by atoms with E-state index in [0.717, 1.165) is 6.42 Å². The smallest absolute Gasteiger partial charge is 0.416 e. The van der Waals surface area contributed by atoms with E-state index in [0.29, 0.717) is 44.2 Å². The maximum absolute atomic E-state index is 13.0. The quantitative estimate of drug-likeness (QED) is 0.241. The van der Waals surface area contributed by atoms with Crippen molar-refractivity contribution in [3.05, 3.63) is 29.3 Å². The fraction of sp³-hybridized carbons (Fsp3) is 0.652. The van der Waals surface area contributed by atoms with Crippen LogP contribution in [-0.2, 0) is 21.9 Å². The number of ether oxygens (including phenoxy) is 1. The van der Waals surface area contributed by atoms with Crippen molar-refractivity contribution in [2.45, 2.75) is 83.6 Å². The number of anilines is 1. The fourth-order valence-corrected chi connectivity index (χ4v) is 3.45. The van der Waals surface area contributed by atoms with Gasteiger partial charge in [-0.05, 0) is 57.2 Å². The number of rotatable bonds is 12. The SMILES string of the molecule is CCCC(CCCCC(=O)CC(C)(C)N)COC(=O)Nc1cc(C(F)(F)F)cc(C(F)(F)F)c1. The zero-order valence-electron chi connectivity index (χ0n) is 19.5. The fourth-order valence-electron chi connectivity index (χ4n) is 3.45. The van der Waals surface area contributed by atoms with Crippen molar-refractivity contribution in [2.24, 2.45) is 11.7 Å². The van der Waals surface area contributed by atoms with Gasteiger partial charge < -0.3 is 10.5 Å². The molecule has 0 fully saturated rings. The molecular formula is C23H32F6N2O3. The van der Waals surface area contributed by atoms with E-state index < -0.39 is 40.8 Å². The lowest BCUT2D eigenvalue weighted by molar-refractivity contribution is -0.143. The average molecular weight is 499 g/mol. The average Bonchev–Trinajstić information content (AvgIpc) is 2.66. The summed E-state index contributed by atoms with van der Waals surface area (Å²) >= 11 is 0. The van der Waals surface area contributed by atoms with Gasteiger partial charge in [-0.15, -0.1) is 0 Å². The lowest BCUT2D eigenvalue weighted by Crippen LogP contribution is -2.34. The third-order valence-corrected chi connectivity index (χ3v) is 4.95. The van der Waals surface area contributed by atoms with E-state index in [1.54, 1.807) is 13.8 Å². The van der Waals surface area contributed by atoms with Crippen LogP contribution >= 0.6 is 0 Å². The molecule has 0 aliphatic heterocycles. The van der Waals surface area contributed by atoms with Gasteiger partial charge in [0.2, 0.25) is 0 Å². The molecule has 0 aliphatic rings. The molecule has 0 saturated heterocycles. The van der Waals surface area contributed by atoms with Crippen LogP contribution in [0, 0.1) is 5.92 Å². The Morgan fingerprint density at radius 3 is 2.00 bits per heavy atom. The molecule has 1 atom stereocenters. The second-order valence-corrected chi connectivity index (χ2v) is 9.12. The first-order valence-electron chi connectivity index (χ1n) is 11.0. The minimum atomic E-state index is -5.02. The van der Waals surface area contributed by atoms with Crippen LogP contribution in [0.15, 0.2) is 18.2 Å². The summed E-state index contributed by atoms with van der Waals surface area (Å²) in [5.74, 6) is 0.0125. The molecule has 3 N–H and O–H groups in total. The third-order valence-electron chi connectivity index (χ3n) is 4.95. The number of nitrogens with two attached hydrogens (primary N) is 1. The molecule has 1 aromatic rings. The Morgan fingerprint density at radius 1 is 0.971 bits per heavy atom. The van der Waals surface area contributed by atoms with Crippen LogP contribution in [0.3, 0.4) is 0 Å². The summed E-state index contributed by atoms with van der Waals surface area (Å²) in [4.78, 5) is 23.9. The van der Waals surface area contributed by atoms with Gasteiger partial charge >= 0.3 is 18.4 Å². The zero-order valence-corrected chi connectivity index (χ0v) is 19.5. The number of nitrogens with one attached hydrogen (secondary N) is 1. The molecule has 0 aromatic heterocycles. The number of hydrogen-bond acceptors (Lipinski definition) is 4. The Balaban J connectivity index is 2.65. The number of Topliss-reactive ketones (excluding diaryl/α,β-unsaturated/α-hetero) is 1. The van der Waals surface area contributed by atoms with Crippen molar-refractivity contribution in [3.8, 4) is 0 Å². The van der Waals surface area contributed by atoms with Gasteiger partial charge in [-0.2, -0.15) is 26.3 Å². The molecule has 1 amide bonds. The molecule has 1 unspecified atom stereocenters.